The van der Waals surface area contributed by atoms with Gasteiger partial charge < -0.3 is 20.1 Å². The molecule has 3 rings (SSSR count). The molecular weight excluding hydrogens is 360 g/mol. The maximum Gasteiger partial charge on any atom is 0.290 e. The molecule has 2 N–H and O–H groups in total. The average Bonchev–Trinajstić information content (AvgIpc) is 2.75. The molecule has 1 saturated heterocycles. The van der Waals surface area contributed by atoms with Crippen LogP contribution in [0.15, 0.2) is 48.7 Å². The minimum absolute atomic E-state index is 0.117. The molecule has 150 valence electrons. The number of methoxy groups -OCH3 is 1. The van der Waals surface area contributed by atoms with Gasteiger partial charge in [0.1, 0.15) is 11.4 Å². The number of benzene rings is 1. The van der Waals surface area contributed by atoms with E-state index in [-0.39, 0.29) is 12.4 Å². The number of carboxylic acid groups (broad SMARTS) is 1. The van der Waals surface area contributed by atoms with E-state index in [1.165, 1.54) is 0 Å². The first-order valence-electron chi connectivity index (χ1n) is 9.07. The third kappa shape index (κ3) is 6.24. The second-order valence-corrected chi connectivity index (χ2v) is 6.08. The van der Waals surface area contributed by atoms with E-state index in [2.05, 4.69) is 26.2 Å². The van der Waals surface area contributed by atoms with Crippen LogP contribution in [0.4, 0.5) is 5.69 Å². The van der Waals surface area contributed by atoms with E-state index in [0.29, 0.717) is 12.2 Å². The molecule has 0 saturated carbocycles. The topological polar surface area (TPSA) is 95.0 Å². The van der Waals surface area contributed by atoms with Crippen molar-refractivity contribution in [2.75, 3.05) is 51.3 Å². The number of ether oxygens (including phenoxy) is 1. The van der Waals surface area contributed by atoms with Gasteiger partial charge in [-0.25, -0.2) is 0 Å². The van der Waals surface area contributed by atoms with Crippen molar-refractivity contribution < 1.29 is 19.4 Å². The predicted molar refractivity (Wildman–Crippen MR) is 107 cm³/mol. The van der Waals surface area contributed by atoms with Gasteiger partial charge in [0, 0.05) is 45.5 Å². The second kappa shape index (κ2) is 11.6. The summed E-state index contributed by atoms with van der Waals surface area (Å²) < 4.78 is 5.45. The minimum Gasteiger partial charge on any atom is -0.495 e. The normalized spacial score (nSPS) is 13.8. The monoisotopic (exact) mass is 386 g/mol. The lowest BCUT2D eigenvalue weighted by Gasteiger charge is -2.36. The highest BCUT2D eigenvalue weighted by atomic mass is 16.5. The zero-order chi connectivity index (χ0) is 20.2. The van der Waals surface area contributed by atoms with Gasteiger partial charge in [-0.2, -0.15) is 0 Å². The molecule has 8 heteroatoms. The van der Waals surface area contributed by atoms with Gasteiger partial charge >= 0.3 is 0 Å². The Morgan fingerprint density at radius 2 is 1.86 bits per heavy atom. The molecule has 1 aromatic heterocycles. The van der Waals surface area contributed by atoms with Crippen LogP contribution in [-0.2, 0) is 4.79 Å². The number of rotatable bonds is 6. The number of aromatic nitrogens is 1. The van der Waals surface area contributed by atoms with Crippen LogP contribution in [0.2, 0.25) is 0 Å². The Hall–Kier alpha value is -3.13. The molecule has 8 nitrogen and oxygen atoms in total. The Bertz CT molecular complexity index is 734. The standard InChI is InChI=1S/C19H24N4O2.CH2O2/c1-25-18-8-3-2-7-17(18)23-14-12-22(13-15-23)11-10-21-19(24)16-6-4-5-9-20-16;2-1-3/h2-9H,10-15H2,1H3,(H,21,24);1H,(H,2,3). The Labute approximate surface area is 164 Å². The summed E-state index contributed by atoms with van der Waals surface area (Å²) in [6, 6.07) is 13.5. The number of hydrogen-bond donors (Lipinski definition) is 2. The van der Waals surface area contributed by atoms with Crippen LogP contribution in [0.1, 0.15) is 10.5 Å². The van der Waals surface area contributed by atoms with Crippen molar-refractivity contribution >= 4 is 18.1 Å². The van der Waals surface area contributed by atoms with Crippen molar-refractivity contribution in [2.24, 2.45) is 0 Å². The van der Waals surface area contributed by atoms with Crippen LogP contribution in [0.3, 0.4) is 0 Å². The molecule has 0 spiro atoms. The lowest BCUT2D eigenvalue weighted by atomic mass is 10.2. The summed E-state index contributed by atoms with van der Waals surface area (Å²) in [5, 5.41) is 9.82. The van der Waals surface area contributed by atoms with E-state index in [1.54, 1.807) is 25.4 Å². The summed E-state index contributed by atoms with van der Waals surface area (Å²) in [6.07, 6.45) is 1.63. The summed E-state index contributed by atoms with van der Waals surface area (Å²) in [5.74, 6) is 0.798. The van der Waals surface area contributed by atoms with Crippen LogP contribution < -0.4 is 15.0 Å². The van der Waals surface area contributed by atoms with Crippen LogP contribution >= 0.6 is 0 Å². The number of nitrogens with one attached hydrogen (secondary N) is 1. The fourth-order valence-electron chi connectivity index (χ4n) is 3.02. The first-order chi connectivity index (χ1) is 13.7. The van der Waals surface area contributed by atoms with E-state index in [4.69, 9.17) is 14.6 Å². The van der Waals surface area contributed by atoms with Gasteiger partial charge in [-0.15, -0.1) is 0 Å². The summed E-state index contributed by atoms with van der Waals surface area (Å²) in [6.45, 7) is 5.07. The average molecular weight is 386 g/mol. The van der Waals surface area contributed by atoms with Gasteiger partial charge in [-0.1, -0.05) is 18.2 Å². The molecule has 28 heavy (non-hydrogen) atoms. The number of para-hydroxylation sites is 2. The van der Waals surface area contributed by atoms with E-state index in [1.807, 2.05) is 24.3 Å². The fraction of sp³-hybridized carbons (Fsp3) is 0.350. The van der Waals surface area contributed by atoms with Crippen molar-refractivity contribution in [2.45, 2.75) is 0 Å². The quantitative estimate of drug-likeness (QED) is 0.724. The molecule has 1 amide bonds. The van der Waals surface area contributed by atoms with Crippen molar-refractivity contribution in [3.63, 3.8) is 0 Å². The molecule has 0 atom stereocenters. The highest BCUT2D eigenvalue weighted by Crippen LogP contribution is 2.28. The van der Waals surface area contributed by atoms with E-state index in [9.17, 15) is 4.79 Å². The Morgan fingerprint density at radius 1 is 1.18 bits per heavy atom. The second-order valence-electron chi connectivity index (χ2n) is 6.08. The highest BCUT2D eigenvalue weighted by Gasteiger charge is 2.19. The number of carbonyl (C=O) groups is 2. The van der Waals surface area contributed by atoms with Crippen LogP contribution in [0, 0.1) is 0 Å². The zero-order valence-corrected chi connectivity index (χ0v) is 16.0. The summed E-state index contributed by atoms with van der Waals surface area (Å²) in [7, 11) is 1.71. The first kappa shape index (κ1) is 21.2. The maximum atomic E-state index is 12.0. The molecule has 2 aromatic rings. The summed E-state index contributed by atoms with van der Waals surface area (Å²) >= 11 is 0. The van der Waals surface area contributed by atoms with E-state index < -0.39 is 0 Å². The van der Waals surface area contributed by atoms with Crippen molar-refractivity contribution in [3.05, 3.63) is 54.4 Å². The Kier molecular flexibility index (Phi) is 8.74. The molecule has 0 aliphatic carbocycles. The summed E-state index contributed by atoms with van der Waals surface area (Å²) in [5.41, 5.74) is 1.61. The first-order valence-corrected chi connectivity index (χ1v) is 9.07. The molecule has 0 unspecified atom stereocenters. The molecule has 2 heterocycles. The van der Waals surface area contributed by atoms with Gasteiger partial charge in [0.25, 0.3) is 12.4 Å². The van der Waals surface area contributed by atoms with Crippen molar-refractivity contribution in [1.29, 1.82) is 0 Å². The molecule has 1 aliphatic rings. The Balaban J connectivity index is 0.000000878. The molecule has 0 radical (unpaired) electrons. The van der Waals surface area contributed by atoms with Crippen LogP contribution in [-0.4, -0.2) is 73.7 Å². The lowest BCUT2D eigenvalue weighted by Crippen LogP contribution is -2.48. The fourth-order valence-corrected chi connectivity index (χ4v) is 3.02. The van der Waals surface area contributed by atoms with Gasteiger partial charge in [-0.3, -0.25) is 19.5 Å². The largest absolute Gasteiger partial charge is 0.495 e. The third-order valence-corrected chi connectivity index (χ3v) is 4.41. The number of carbonyl (C=O) groups excluding carboxylic acids is 1. The summed E-state index contributed by atoms with van der Waals surface area (Å²) in [4.78, 5) is 29.1. The Morgan fingerprint density at radius 3 is 2.50 bits per heavy atom. The predicted octanol–water partition coefficient (Wildman–Crippen LogP) is 1.34. The number of hydrogen-bond acceptors (Lipinski definition) is 6. The minimum atomic E-state index is -0.250. The lowest BCUT2D eigenvalue weighted by molar-refractivity contribution is -0.122. The van der Waals surface area contributed by atoms with Crippen LogP contribution in [0.5, 0.6) is 5.75 Å². The zero-order valence-electron chi connectivity index (χ0n) is 16.0. The number of anilines is 1. The maximum absolute atomic E-state index is 12.0. The van der Waals surface area contributed by atoms with Gasteiger partial charge in [0.15, 0.2) is 0 Å². The number of amides is 1. The van der Waals surface area contributed by atoms with E-state index in [0.717, 1.165) is 44.2 Å². The highest BCUT2D eigenvalue weighted by molar-refractivity contribution is 5.92. The smallest absolute Gasteiger partial charge is 0.290 e. The molecular formula is C20H26N4O4. The van der Waals surface area contributed by atoms with Crippen molar-refractivity contribution in [1.82, 2.24) is 15.2 Å². The molecule has 1 aromatic carbocycles. The third-order valence-electron chi connectivity index (χ3n) is 4.41. The SMILES string of the molecule is COc1ccccc1N1CCN(CCNC(=O)c2ccccn2)CC1.O=CO. The molecule has 0 bridgehead atoms. The van der Waals surface area contributed by atoms with Gasteiger partial charge in [0.05, 0.1) is 12.8 Å². The van der Waals surface area contributed by atoms with Gasteiger partial charge in [-0.05, 0) is 24.3 Å². The number of piperazine rings is 1. The molecule has 1 fully saturated rings. The number of pyridine rings is 1. The number of nitrogens with zero attached hydrogens (tertiary/aromatic N) is 3. The van der Waals surface area contributed by atoms with E-state index >= 15 is 0 Å². The van der Waals surface area contributed by atoms with Gasteiger partial charge in [0.2, 0.25) is 0 Å². The molecule has 1 aliphatic heterocycles. The van der Waals surface area contributed by atoms with Crippen LogP contribution in [0.25, 0.3) is 0 Å². The van der Waals surface area contributed by atoms with Crippen molar-refractivity contribution in [3.8, 4) is 5.75 Å².